The van der Waals surface area contributed by atoms with Crippen LogP contribution in [-0.4, -0.2) is 49.7 Å². The second kappa shape index (κ2) is 7.36. The Balaban J connectivity index is 1.79. The molecule has 0 spiro atoms. The van der Waals surface area contributed by atoms with E-state index in [2.05, 4.69) is 4.90 Å². The number of carbonyl (C=O) groups excluding carboxylic acids is 1. The molecule has 0 saturated heterocycles. The first-order valence-corrected chi connectivity index (χ1v) is 8.01. The van der Waals surface area contributed by atoms with Crippen LogP contribution in [0.1, 0.15) is 15.9 Å². The third-order valence-electron chi connectivity index (χ3n) is 3.94. The lowest BCUT2D eigenvalue weighted by atomic mass is 10.1. The summed E-state index contributed by atoms with van der Waals surface area (Å²) in [5.74, 6) is 1.32. The van der Waals surface area contributed by atoms with Gasteiger partial charge in [0, 0.05) is 25.2 Å². The first-order valence-electron chi connectivity index (χ1n) is 8.01. The molecule has 0 aromatic heterocycles. The van der Waals surface area contributed by atoms with Gasteiger partial charge >= 0.3 is 0 Å². The molecular weight excluding hydrogens is 304 g/mol. The number of hydrogen-bond acceptors (Lipinski definition) is 4. The molecule has 0 radical (unpaired) electrons. The number of likely N-dealkylation sites (N-methyl/N-ethyl adjacent to an activating group) is 1. The molecule has 0 N–H and O–H groups in total. The van der Waals surface area contributed by atoms with Crippen LogP contribution in [0.3, 0.4) is 0 Å². The Morgan fingerprint density at radius 2 is 1.75 bits per heavy atom. The molecule has 0 aliphatic carbocycles. The Morgan fingerprint density at radius 1 is 1.00 bits per heavy atom. The monoisotopic (exact) mass is 326 g/mol. The maximum atomic E-state index is 13.0. The number of fused-ring (bicyclic) bond motifs is 1. The van der Waals surface area contributed by atoms with E-state index < -0.39 is 0 Å². The van der Waals surface area contributed by atoms with Gasteiger partial charge in [-0.1, -0.05) is 30.3 Å². The summed E-state index contributed by atoms with van der Waals surface area (Å²) in [5.41, 5.74) is 1.74. The molecule has 126 valence electrons. The maximum absolute atomic E-state index is 13.0. The van der Waals surface area contributed by atoms with Crippen molar-refractivity contribution < 1.29 is 14.3 Å². The summed E-state index contributed by atoms with van der Waals surface area (Å²) >= 11 is 0. The Kier molecular flexibility index (Phi) is 5.01. The SMILES string of the molecule is CN(C)CCN(Cc1ccccc1)C(=O)c1ccc2c(c1)OCO2. The zero-order valence-corrected chi connectivity index (χ0v) is 14.1. The molecule has 5 nitrogen and oxygen atoms in total. The first kappa shape index (κ1) is 16.3. The van der Waals surface area contributed by atoms with Crippen molar-refractivity contribution in [3.63, 3.8) is 0 Å². The lowest BCUT2D eigenvalue weighted by molar-refractivity contribution is 0.0731. The summed E-state index contributed by atoms with van der Waals surface area (Å²) in [6.07, 6.45) is 0. The molecule has 2 aromatic rings. The third kappa shape index (κ3) is 3.86. The van der Waals surface area contributed by atoms with Crippen LogP contribution in [0.2, 0.25) is 0 Å². The van der Waals surface area contributed by atoms with Gasteiger partial charge in [0.05, 0.1) is 0 Å². The predicted octanol–water partition coefficient (Wildman–Crippen LogP) is 2.62. The molecule has 0 unspecified atom stereocenters. The van der Waals surface area contributed by atoms with Crippen molar-refractivity contribution in [2.45, 2.75) is 6.54 Å². The normalized spacial score (nSPS) is 12.5. The van der Waals surface area contributed by atoms with Crippen LogP contribution in [0.4, 0.5) is 0 Å². The van der Waals surface area contributed by atoms with Crippen molar-refractivity contribution in [1.29, 1.82) is 0 Å². The molecule has 5 heteroatoms. The quantitative estimate of drug-likeness (QED) is 0.818. The maximum Gasteiger partial charge on any atom is 0.254 e. The molecule has 0 atom stereocenters. The zero-order valence-electron chi connectivity index (χ0n) is 14.1. The number of hydrogen-bond donors (Lipinski definition) is 0. The van der Waals surface area contributed by atoms with Crippen LogP contribution in [0, 0.1) is 0 Å². The standard InChI is InChI=1S/C19H22N2O3/c1-20(2)10-11-21(13-15-6-4-3-5-7-15)19(22)16-8-9-17-18(12-16)24-14-23-17/h3-9,12H,10-11,13-14H2,1-2H3. The Morgan fingerprint density at radius 3 is 2.50 bits per heavy atom. The Labute approximate surface area is 142 Å². The zero-order chi connectivity index (χ0) is 16.9. The van der Waals surface area contributed by atoms with Gasteiger partial charge in [0.15, 0.2) is 11.5 Å². The van der Waals surface area contributed by atoms with Gasteiger partial charge in [-0.05, 0) is 37.9 Å². The molecule has 1 aliphatic heterocycles. The van der Waals surface area contributed by atoms with Gasteiger partial charge in [0.1, 0.15) is 0 Å². The van der Waals surface area contributed by atoms with Gasteiger partial charge < -0.3 is 19.3 Å². The molecule has 0 fully saturated rings. The summed E-state index contributed by atoms with van der Waals surface area (Å²) in [4.78, 5) is 16.9. The summed E-state index contributed by atoms with van der Waals surface area (Å²) in [5, 5.41) is 0. The van der Waals surface area contributed by atoms with Crippen LogP contribution in [0.5, 0.6) is 11.5 Å². The second-order valence-electron chi connectivity index (χ2n) is 6.08. The molecule has 0 bridgehead atoms. The average Bonchev–Trinajstić information content (AvgIpc) is 3.06. The first-order chi connectivity index (χ1) is 11.6. The summed E-state index contributed by atoms with van der Waals surface area (Å²) in [7, 11) is 4.01. The van der Waals surface area contributed by atoms with E-state index in [0.29, 0.717) is 30.2 Å². The molecule has 2 aromatic carbocycles. The minimum Gasteiger partial charge on any atom is -0.454 e. The number of carbonyl (C=O) groups is 1. The van der Waals surface area contributed by atoms with Gasteiger partial charge in [0.2, 0.25) is 6.79 Å². The van der Waals surface area contributed by atoms with Crippen molar-refractivity contribution in [1.82, 2.24) is 9.80 Å². The molecule has 1 amide bonds. The van der Waals surface area contributed by atoms with Crippen LogP contribution < -0.4 is 9.47 Å². The van der Waals surface area contributed by atoms with Gasteiger partial charge in [-0.15, -0.1) is 0 Å². The lowest BCUT2D eigenvalue weighted by Crippen LogP contribution is -2.36. The minimum absolute atomic E-state index is 0.000923. The largest absolute Gasteiger partial charge is 0.454 e. The fraction of sp³-hybridized carbons (Fsp3) is 0.316. The second-order valence-corrected chi connectivity index (χ2v) is 6.08. The molecule has 0 saturated carbocycles. The predicted molar refractivity (Wildman–Crippen MR) is 92.3 cm³/mol. The molecular formula is C19H22N2O3. The van der Waals surface area contributed by atoms with Gasteiger partial charge in [0.25, 0.3) is 5.91 Å². The molecule has 24 heavy (non-hydrogen) atoms. The van der Waals surface area contributed by atoms with Crippen molar-refractivity contribution in [2.24, 2.45) is 0 Å². The highest BCUT2D eigenvalue weighted by molar-refractivity contribution is 5.95. The Hall–Kier alpha value is -2.53. The highest BCUT2D eigenvalue weighted by atomic mass is 16.7. The van der Waals surface area contributed by atoms with Crippen LogP contribution in [0.15, 0.2) is 48.5 Å². The van der Waals surface area contributed by atoms with Crippen molar-refractivity contribution in [2.75, 3.05) is 34.0 Å². The van der Waals surface area contributed by atoms with Crippen molar-refractivity contribution in [3.05, 3.63) is 59.7 Å². The minimum atomic E-state index is -0.000923. The fourth-order valence-corrected chi connectivity index (χ4v) is 2.59. The number of ether oxygens (including phenoxy) is 2. The van der Waals surface area contributed by atoms with E-state index in [1.807, 2.05) is 49.3 Å². The molecule has 1 heterocycles. The Bertz CT molecular complexity index is 701. The fourth-order valence-electron chi connectivity index (χ4n) is 2.59. The van der Waals surface area contributed by atoms with Crippen LogP contribution in [0.25, 0.3) is 0 Å². The van der Waals surface area contributed by atoms with E-state index in [9.17, 15) is 4.79 Å². The number of nitrogens with zero attached hydrogens (tertiary/aromatic N) is 2. The highest BCUT2D eigenvalue weighted by Gasteiger charge is 2.20. The van der Waals surface area contributed by atoms with Gasteiger partial charge in [-0.3, -0.25) is 4.79 Å². The van der Waals surface area contributed by atoms with E-state index in [-0.39, 0.29) is 12.7 Å². The third-order valence-corrected chi connectivity index (χ3v) is 3.94. The van der Waals surface area contributed by atoms with E-state index in [1.165, 1.54) is 0 Å². The molecule has 1 aliphatic rings. The number of benzene rings is 2. The van der Waals surface area contributed by atoms with Gasteiger partial charge in [-0.25, -0.2) is 0 Å². The van der Waals surface area contributed by atoms with E-state index in [0.717, 1.165) is 12.1 Å². The summed E-state index contributed by atoms with van der Waals surface area (Å²) in [6, 6.07) is 15.4. The van der Waals surface area contributed by atoms with Gasteiger partial charge in [-0.2, -0.15) is 0 Å². The van der Waals surface area contributed by atoms with E-state index in [1.54, 1.807) is 18.2 Å². The smallest absolute Gasteiger partial charge is 0.254 e. The van der Waals surface area contributed by atoms with Crippen LogP contribution in [-0.2, 0) is 6.54 Å². The average molecular weight is 326 g/mol. The van der Waals surface area contributed by atoms with E-state index >= 15 is 0 Å². The number of rotatable bonds is 6. The summed E-state index contributed by atoms with van der Waals surface area (Å²) < 4.78 is 10.7. The topological polar surface area (TPSA) is 42.0 Å². The van der Waals surface area contributed by atoms with Crippen LogP contribution >= 0.6 is 0 Å². The van der Waals surface area contributed by atoms with Crippen molar-refractivity contribution in [3.8, 4) is 11.5 Å². The van der Waals surface area contributed by atoms with E-state index in [4.69, 9.17) is 9.47 Å². The van der Waals surface area contributed by atoms with Crippen molar-refractivity contribution >= 4 is 5.91 Å². The number of amides is 1. The molecule has 3 rings (SSSR count). The lowest BCUT2D eigenvalue weighted by Gasteiger charge is -2.25. The highest BCUT2D eigenvalue weighted by Crippen LogP contribution is 2.32. The summed E-state index contributed by atoms with van der Waals surface area (Å²) in [6.45, 7) is 2.27.